The zero-order valence-corrected chi connectivity index (χ0v) is 10.1. The Morgan fingerprint density at radius 3 is 2.53 bits per heavy atom. The third-order valence-electron chi connectivity index (χ3n) is 2.47. The molecule has 1 aromatic rings. The number of halogens is 1. The summed E-state index contributed by atoms with van der Waals surface area (Å²) < 4.78 is 12.7. The Labute approximate surface area is 95.5 Å². The average molecular weight is 227 g/mol. The summed E-state index contributed by atoms with van der Waals surface area (Å²) in [7, 11) is 1.98. The highest BCUT2D eigenvalue weighted by atomic mass is 32.2. The molecule has 0 bridgehead atoms. The van der Waals surface area contributed by atoms with Gasteiger partial charge in [-0.25, -0.2) is 4.39 Å². The molecule has 0 aliphatic carbocycles. The van der Waals surface area contributed by atoms with Crippen LogP contribution in [-0.2, 0) is 6.42 Å². The molecule has 0 amide bonds. The Hall–Kier alpha value is -0.540. The van der Waals surface area contributed by atoms with E-state index in [0.29, 0.717) is 6.04 Å². The maximum atomic E-state index is 12.7. The van der Waals surface area contributed by atoms with Gasteiger partial charge in [0, 0.05) is 6.04 Å². The number of benzene rings is 1. The van der Waals surface area contributed by atoms with Crippen LogP contribution in [0, 0.1) is 5.82 Å². The van der Waals surface area contributed by atoms with Crippen LogP contribution >= 0.6 is 11.8 Å². The minimum absolute atomic E-state index is 0.163. The van der Waals surface area contributed by atoms with Gasteiger partial charge in [0.2, 0.25) is 0 Å². The van der Waals surface area contributed by atoms with Crippen LogP contribution in [-0.4, -0.2) is 25.1 Å². The summed E-state index contributed by atoms with van der Waals surface area (Å²) in [6.07, 6.45) is 4.23. The zero-order valence-electron chi connectivity index (χ0n) is 9.29. The molecule has 1 atom stereocenters. The van der Waals surface area contributed by atoms with Crippen molar-refractivity contribution in [3.63, 3.8) is 0 Å². The molecule has 0 radical (unpaired) electrons. The average Bonchev–Trinajstić information content (AvgIpc) is 2.27. The predicted octanol–water partition coefficient (Wildman–Crippen LogP) is 2.71. The third-order valence-corrected chi connectivity index (χ3v) is 3.12. The molecule has 0 saturated heterocycles. The lowest BCUT2D eigenvalue weighted by Gasteiger charge is -2.15. The van der Waals surface area contributed by atoms with E-state index in [1.54, 1.807) is 0 Å². The molecule has 3 heteroatoms. The van der Waals surface area contributed by atoms with Crippen LogP contribution in [0.2, 0.25) is 0 Å². The van der Waals surface area contributed by atoms with Crippen LogP contribution in [0.3, 0.4) is 0 Å². The van der Waals surface area contributed by atoms with Gasteiger partial charge in [-0.2, -0.15) is 11.8 Å². The molecule has 1 rings (SSSR count). The Balaban J connectivity index is 2.47. The van der Waals surface area contributed by atoms with Crippen molar-refractivity contribution >= 4 is 11.8 Å². The Kier molecular flexibility index (Phi) is 5.73. The second-order valence-electron chi connectivity index (χ2n) is 3.60. The van der Waals surface area contributed by atoms with Crippen LogP contribution in [0.4, 0.5) is 4.39 Å². The van der Waals surface area contributed by atoms with E-state index in [2.05, 4.69) is 11.6 Å². The van der Waals surface area contributed by atoms with Crippen molar-refractivity contribution in [3.8, 4) is 0 Å². The number of hydrogen-bond acceptors (Lipinski definition) is 2. The van der Waals surface area contributed by atoms with Crippen molar-refractivity contribution in [1.82, 2.24) is 5.32 Å². The largest absolute Gasteiger partial charge is 0.317 e. The summed E-state index contributed by atoms with van der Waals surface area (Å²) in [5, 5.41) is 3.29. The standard InChI is InChI=1S/C12H18FNS/c1-14-12(7-8-15-2)9-10-3-5-11(13)6-4-10/h3-6,12,14H,7-9H2,1-2H3. The number of nitrogens with one attached hydrogen (secondary N) is 1. The van der Waals surface area contributed by atoms with Crippen LogP contribution < -0.4 is 5.32 Å². The topological polar surface area (TPSA) is 12.0 Å². The smallest absolute Gasteiger partial charge is 0.123 e. The maximum Gasteiger partial charge on any atom is 0.123 e. The highest BCUT2D eigenvalue weighted by Gasteiger charge is 2.06. The molecule has 15 heavy (non-hydrogen) atoms. The molecule has 84 valence electrons. The van der Waals surface area contributed by atoms with Gasteiger partial charge in [0.05, 0.1) is 0 Å². The van der Waals surface area contributed by atoms with Crippen molar-refractivity contribution in [3.05, 3.63) is 35.6 Å². The first kappa shape index (κ1) is 12.5. The van der Waals surface area contributed by atoms with E-state index >= 15 is 0 Å². The highest BCUT2D eigenvalue weighted by molar-refractivity contribution is 7.98. The van der Waals surface area contributed by atoms with E-state index in [9.17, 15) is 4.39 Å². The minimum atomic E-state index is -0.163. The van der Waals surface area contributed by atoms with Crippen molar-refractivity contribution in [1.29, 1.82) is 0 Å². The summed E-state index contributed by atoms with van der Waals surface area (Å²) in [4.78, 5) is 0. The van der Waals surface area contributed by atoms with Crippen LogP contribution in [0.1, 0.15) is 12.0 Å². The van der Waals surface area contributed by atoms with E-state index in [1.807, 2.05) is 30.9 Å². The van der Waals surface area contributed by atoms with Gasteiger partial charge in [-0.15, -0.1) is 0 Å². The first-order chi connectivity index (χ1) is 7.26. The second kappa shape index (κ2) is 6.85. The predicted molar refractivity (Wildman–Crippen MR) is 66.0 cm³/mol. The maximum absolute atomic E-state index is 12.7. The summed E-state index contributed by atoms with van der Waals surface area (Å²) in [6.45, 7) is 0. The van der Waals surface area contributed by atoms with Crippen molar-refractivity contribution < 1.29 is 4.39 Å². The summed E-state index contributed by atoms with van der Waals surface area (Å²) in [5.41, 5.74) is 1.19. The molecule has 0 heterocycles. The van der Waals surface area contributed by atoms with Gasteiger partial charge in [-0.1, -0.05) is 12.1 Å². The molecule has 1 unspecified atom stereocenters. The van der Waals surface area contributed by atoms with Gasteiger partial charge >= 0.3 is 0 Å². The summed E-state index contributed by atoms with van der Waals surface area (Å²) in [5.74, 6) is 0.996. The molecule has 0 spiro atoms. The van der Waals surface area contributed by atoms with E-state index < -0.39 is 0 Å². The Morgan fingerprint density at radius 2 is 2.00 bits per heavy atom. The summed E-state index contributed by atoms with van der Waals surface area (Å²) >= 11 is 1.86. The van der Waals surface area contributed by atoms with Gasteiger partial charge in [-0.3, -0.25) is 0 Å². The van der Waals surface area contributed by atoms with Crippen LogP contribution in [0.15, 0.2) is 24.3 Å². The Morgan fingerprint density at radius 1 is 1.33 bits per heavy atom. The van der Waals surface area contributed by atoms with E-state index in [0.717, 1.165) is 18.6 Å². The fourth-order valence-corrected chi connectivity index (χ4v) is 2.03. The van der Waals surface area contributed by atoms with Gasteiger partial charge in [0.25, 0.3) is 0 Å². The lowest BCUT2D eigenvalue weighted by molar-refractivity contribution is 0.546. The molecule has 0 aliphatic rings. The zero-order chi connectivity index (χ0) is 11.1. The van der Waals surface area contributed by atoms with Gasteiger partial charge in [-0.05, 0) is 49.6 Å². The van der Waals surface area contributed by atoms with E-state index in [-0.39, 0.29) is 5.82 Å². The van der Waals surface area contributed by atoms with E-state index in [1.165, 1.54) is 17.7 Å². The SMILES string of the molecule is CNC(CCSC)Cc1ccc(F)cc1. The monoisotopic (exact) mass is 227 g/mol. The minimum Gasteiger partial charge on any atom is -0.317 e. The molecule has 1 aromatic carbocycles. The third kappa shape index (κ3) is 4.67. The quantitative estimate of drug-likeness (QED) is 0.802. The number of likely N-dealkylation sites (N-methyl/N-ethyl adjacent to an activating group) is 1. The van der Waals surface area contributed by atoms with Gasteiger partial charge < -0.3 is 5.32 Å². The van der Waals surface area contributed by atoms with Crippen LogP contribution in [0.25, 0.3) is 0 Å². The van der Waals surface area contributed by atoms with E-state index in [4.69, 9.17) is 0 Å². The first-order valence-electron chi connectivity index (χ1n) is 5.17. The molecule has 0 fully saturated rings. The highest BCUT2D eigenvalue weighted by Crippen LogP contribution is 2.09. The Bertz CT molecular complexity index is 273. The van der Waals surface area contributed by atoms with Gasteiger partial charge in [0.1, 0.15) is 5.82 Å². The fourth-order valence-electron chi connectivity index (χ4n) is 1.51. The second-order valence-corrected chi connectivity index (χ2v) is 4.58. The van der Waals surface area contributed by atoms with Crippen molar-refractivity contribution in [2.75, 3.05) is 19.1 Å². The molecule has 0 aromatic heterocycles. The number of hydrogen-bond donors (Lipinski definition) is 1. The summed E-state index contributed by atoms with van der Waals surface area (Å²) in [6, 6.07) is 7.26. The molecule has 1 N–H and O–H groups in total. The van der Waals surface area contributed by atoms with Crippen molar-refractivity contribution in [2.24, 2.45) is 0 Å². The normalized spacial score (nSPS) is 12.7. The number of thioether (sulfide) groups is 1. The molecule has 1 nitrogen and oxygen atoms in total. The lowest BCUT2D eigenvalue weighted by atomic mass is 10.0. The molecular weight excluding hydrogens is 209 g/mol. The molecular formula is C12H18FNS. The molecule has 0 aliphatic heterocycles. The molecule has 0 saturated carbocycles. The van der Waals surface area contributed by atoms with Crippen LogP contribution in [0.5, 0.6) is 0 Å². The lowest BCUT2D eigenvalue weighted by Crippen LogP contribution is -2.28. The number of rotatable bonds is 6. The van der Waals surface area contributed by atoms with Crippen molar-refractivity contribution in [2.45, 2.75) is 18.9 Å². The van der Waals surface area contributed by atoms with Gasteiger partial charge in [0.15, 0.2) is 0 Å². The fraction of sp³-hybridized carbons (Fsp3) is 0.500. The first-order valence-corrected chi connectivity index (χ1v) is 6.56.